The fourth-order valence-corrected chi connectivity index (χ4v) is 4.04. The Bertz CT molecular complexity index is 899. The van der Waals surface area contributed by atoms with Gasteiger partial charge in [0.25, 0.3) is 0 Å². The highest BCUT2D eigenvalue weighted by molar-refractivity contribution is 5.50. The maximum absolute atomic E-state index is 9.82. The van der Waals surface area contributed by atoms with Crippen LogP contribution in [0, 0.1) is 0 Å². The summed E-state index contributed by atoms with van der Waals surface area (Å²) in [6.07, 6.45) is -4.58. The van der Waals surface area contributed by atoms with Gasteiger partial charge in [-0.15, -0.1) is 0 Å². The summed E-state index contributed by atoms with van der Waals surface area (Å²) in [4.78, 5) is 9.82. The van der Waals surface area contributed by atoms with E-state index in [1.54, 1.807) is 7.11 Å². The average molecular weight is 521 g/mol. The smallest absolute Gasteiger partial charge is 0.184 e. The van der Waals surface area contributed by atoms with Crippen LogP contribution in [0.4, 0.5) is 0 Å². The summed E-state index contributed by atoms with van der Waals surface area (Å²) in [5.74, 6) is 0. The molecule has 2 aliphatic rings. The van der Waals surface area contributed by atoms with Crippen molar-refractivity contribution in [2.75, 3.05) is 20.3 Å². The van der Waals surface area contributed by atoms with Crippen LogP contribution < -0.4 is 0 Å². The molecule has 0 radical (unpaired) electrons. The van der Waals surface area contributed by atoms with Gasteiger partial charge < -0.3 is 48.9 Å². The molecule has 2 fully saturated rings. The van der Waals surface area contributed by atoms with Gasteiger partial charge in [-0.3, -0.25) is 0 Å². The van der Waals surface area contributed by atoms with Crippen molar-refractivity contribution in [3.63, 3.8) is 0 Å². The molecule has 2 saturated heterocycles. The fraction of sp³-hybridized carbons (Fsp3) is 0.519. The van der Waals surface area contributed by atoms with Crippen LogP contribution in [-0.2, 0) is 35.1 Å². The first-order valence-electron chi connectivity index (χ1n) is 12.2. The monoisotopic (exact) mass is 520 g/mol. The number of benzene rings is 2. The van der Waals surface area contributed by atoms with E-state index in [1.165, 1.54) is 0 Å². The van der Waals surface area contributed by atoms with Gasteiger partial charge in [0.15, 0.2) is 12.6 Å². The standard InChI is InChI=1S/C21H24O5.C6H12O5/c1-22-19-12-17(23-13-15-8-4-2-5-9-15)20-18(25-19)14-24-21(26-20)16-10-6-3-7-11-16;7-2-1-4(9)6(11)5(10)3-8/h2-11,17-21H,12-14H2,1H3;2,4-6,8-11H,1,3H2/t17-,18+,19?,20+,21?;/m0./s1. The van der Waals surface area contributed by atoms with E-state index in [9.17, 15) is 4.79 Å². The van der Waals surface area contributed by atoms with Crippen LogP contribution in [0.15, 0.2) is 60.7 Å². The molecule has 0 aliphatic carbocycles. The Balaban J connectivity index is 0.000000295. The quantitative estimate of drug-likeness (QED) is 0.336. The van der Waals surface area contributed by atoms with Crippen molar-refractivity contribution < 1.29 is 48.9 Å². The number of fused-ring (bicyclic) bond motifs is 1. The number of aliphatic hydroxyl groups is 4. The first-order valence-corrected chi connectivity index (χ1v) is 12.2. The van der Waals surface area contributed by atoms with Gasteiger partial charge in [-0.25, -0.2) is 0 Å². The van der Waals surface area contributed by atoms with Gasteiger partial charge in [-0.2, -0.15) is 0 Å². The van der Waals surface area contributed by atoms with E-state index in [0.29, 0.717) is 25.9 Å². The zero-order valence-electron chi connectivity index (χ0n) is 20.7. The molecule has 10 heteroatoms. The van der Waals surface area contributed by atoms with E-state index in [-0.39, 0.29) is 31.0 Å². The Morgan fingerprint density at radius 3 is 2.30 bits per heavy atom. The van der Waals surface area contributed by atoms with Crippen molar-refractivity contribution in [1.29, 1.82) is 0 Å². The number of carbonyl (C=O) groups is 1. The molecule has 0 aromatic heterocycles. The fourth-order valence-electron chi connectivity index (χ4n) is 4.04. The lowest BCUT2D eigenvalue weighted by atomic mass is 10.00. The summed E-state index contributed by atoms with van der Waals surface area (Å²) in [5, 5.41) is 34.8. The van der Waals surface area contributed by atoms with Crippen molar-refractivity contribution in [3.05, 3.63) is 71.8 Å². The zero-order chi connectivity index (χ0) is 26.6. The predicted octanol–water partition coefficient (Wildman–Crippen LogP) is 1.10. The van der Waals surface area contributed by atoms with Crippen LogP contribution >= 0.6 is 0 Å². The van der Waals surface area contributed by atoms with Crippen LogP contribution in [0.25, 0.3) is 0 Å². The highest BCUT2D eigenvalue weighted by atomic mass is 16.7. The number of rotatable bonds is 10. The molecule has 2 heterocycles. The van der Waals surface area contributed by atoms with Gasteiger partial charge >= 0.3 is 0 Å². The molecule has 0 bridgehead atoms. The van der Waals surface area contributed by atoms with Crippen LogP contribution in [-0.4, -0.2) is 89.9 Å². The Morgan fingerprint density at radius 1 is 1.00 bits per heavy atom. The molecule has 4 rings (SSSR count). The van der Waals surface area contributed by atoms with E-state index in [2.05, 4.69) is 12.1 Å². The Labute approximate surface area is 216 Å². The lowest BCUT2D eigenvalue weighted by Crippen LogP contribution is -2.55. The molecule has 37 heavy (non-hydrogen) atoms. The molecular weight excluding hydrogens is 484 g/mol. The minimum absolute atomic E-state index is 0.117. The van der Waals surface area contributed by atoms with E-state index in [0.717, 1.165) is 11.1 Å². The molecule has 2 aromatic rings. The number of aliphatic hydroxyl groups excluding tert-OH is 4. The highest BCUT2D eigenvalue weighted by Crippen LogP contribution is 2.35. The zero-order valence-corrected chi connectivity index (χ0v) is 20.7. The molecule has 4 N–H and O–H groups in total. The van der Waals surface area contributed by atoms with Crippen molar-refractivity contribution >= 4 is 6.29 Å². The Kier molecular flexibility index (Phi) is 12.1. The maximum atomic E-state index is 9.82. The first-order chi connectivity index (χ1) is 18.0. The molecule has 5 unspecified atom stereocenters. The summed E-state index contributed by atoms with van der Waals surface area (Å²) < 4.78 is 29.7. The van der Waals surface area contributed by atoms with E-state index in [1.807, 2.05) is 48.5 Å². The predicted molar refractivity (Wildman–Crippen MR) is 131 cm³/mol. The van der Waals surface area contributed by atoms with Gasteiger partial charge in [-0.05, 0) is 5.56 Å². The topological polar surface area (TPSA) is 144 Å². The SMILES string of the molecule is COC1C[C@H](OCc2ccccc2)[C@H]2OC(c3ccccc3)OC[C@H]2O1.O=CCC(O)C(O)C(O)CO. The second-order valence-electron chi connectivity index (χ2n) is 8.80. The van der Waals surface area contributed by atoms with Crippen LogP contribution in [0.1, 0.15) is 30.3 Å². The van der Waals surface area contributed by atoms with Gasteiger partial charge in [0, 0.05) is 25.5 Å². The number of methoxy groups -OCH3 is 1. The molecule has 204 valence electrons. The van der Waals surface area contributed by atoms with Crippen molar-refractivity contribution in [3.8, 4) is 0 Å². The van der Waals surface area contributed by atoms with Crippen LogP contribution in [0.5, 0.6) is 0 Å². The molecule has 2 aliphatic heterocycles. The van der Waals surface area contributed by atoms with Gasteiger partial charge in [0.2, 0.25) is 0 Å². The van der Waals surface area contributed by atoms with Crippen LogP contribution in [0.3, 0.4) is 0 Å². The highest BCUT2D eigenvalue weighted by Gasteiger charge is 2.45. The second kappa shape index (κ2) is 15.2. The van der Waals surface area contributed by atoms with E-state index >= 15 is 0 Å². The van der Waals surface area contributed by atoms with E-state index < -0.39 is 31.2 Å². The Hall–Kier alpha value is -2.25. The maximum Gasteiger partial charge on any atom is 0.184 e. The third-order valence-electron chi connectivity index (χ3n) is 6.13. The lowest BCUT2D eigenvalue weighted by Gasteiger charge is -2.45. The molecule has 8 atom stereocenters. The number of carbonyl (C=O) groups excluding carboxylic acids is 1. The van der Waals surface area contributed by atoms with Gasteiger partial charge in [-0.1, -0.05) is 60.7 Å². The number of aldehydes is 1. The third kappa shape index (κ3) is 8.64. The summed E-state index contributed by atoms with van der Waals surface area (Å²) in [6.45, 7) is 0.345. The van der Waals surface area contributed by atoms with E-state index in [4.69, 9.17) is 44.1 Å². The molecule has 2 aromatic carbocycles. The number of hydrogen-bond donors (Lipinski definition) is 4. The van der Waals surface area contributed by atoms with Crippen molar-refractivity contribution in [2.45, 2.75) is 68.7 Å². The molecule has 0 saturated carbocycles. The second-order valence-corrected chi connectivity index (χ2v) is 8.80. The summed E-state index contributed by atoms with van der Waals surface area (Å²) in [7, 11) is 1.65. The lowest BCUT2D eigenvalue weighted by molar-refractivity contribution is -0.339. The summed E-state index contributed by atoms with van der Waals surface area (Å²) >= 11 is 0. The largest absolute Gasteiger partial charge is 0.394 e. The summed E-state index contributed by atoms with van der Waals surface area (Å²) in [6, 6.07) is 20.1. The minimum Gasteiger partial charge on any atom is -0.394 e. The Morgan fingerprint density at radius 2 is 1.68 bits per heavy atom. The normalized spacial score (nSPS) is 27.6. The number of ether oxygens (including phenoxy) is 5. The molecule has 0 amide bonds. The minimum atomic E-state index is -1.47. The molecular formula is C27H36O10. The first kappa shape index (κ1) is 29.3. The average Bonchev–Trinajstić information content (AvgIpc) is 2.96. The third-order valence-corrected chi connectivity index (χ3v) is 6.13. The molecule has 10 nitrogen and oxygen atoms in total. The van der Waals surface area contributed by atoms with Crippen LogP contribution in [0.2, 0.25) is 0 Å². The van der Waals surface area contributed by atoms with Crippen molar-refractivity contribution in [2.24, 2.45) is 0 Å². The van der Waals surface area contributed by atoms with Gasteiger partial charge in [0.1, 0.15) is 30.7 Å². The number of hydrogen-bond acceptors (Lipinski definition) is 10. The van der Waals surface area contributed by atoms with Crippen molar-refractivity contribution in [1.82, 2.24) is 0 Å². The molecule has 0 spiro atoms. The summed E-state index contributed by atoms with van der Waals surface area (Å²) in [5.41, 5.74) is 2.14. The van der Waals surface area contributed by atoms with Gasteiger partial charge in [0.05, 0.1) is 32.0 Å².